The van der Waals surface area contributed by atoms with Gasteiger partial charge in [0.15, 0.2) is 0 Å². The Labute approximate surface area is 208 Å². The minimum absolute atomic E-state index is 0.206. The molecule has 0 saturated heterocycles. The molecule has 1 atom stereocenters. The second kappa shape index (κ2) is 12.0. The number of allylic oxidation sites excluding steroid dienone is 2. The lowest BCUT2D eigenvalue weighted by atomic mass is 9.77. The SMILES string of the molecule is CCOC(=O)C1=C(C)NC(C)=C(C(=O)OCC)C1c1ccccc1CC(CC)C(=O)OC(C)(C)C. The van der Waals surface area contributed by atoms with Crippen molar-refractivity contribution in [3.05, 3.63) is 57.9 Å². The number of hydrogen-bond donors (Lipinski definition) is 1. The van der Waals surface area contributed by atoms with Gasteiger partial charge >= 0.3 is 17.9 Å². The Kier molecular flexibility index (Phi) is 9.69. The van der Waals surface area contributed by atoms with Crippen LogP contribution in [0.3, 0.4) is 0 Å². The molecular formula is C28H39NO6. The summed E-state index contributed by atoms with van der Waals surface area (Å²) in [7, 11) is 0. The van der Waals surface area contributed by atoms with Crippen molar-refractivity contribution in [3.63, 3.8) is 0 Å². The van der Waals surface area contributed by atoms with Gasteiger partial charge in [-0.25, -0.2) is 9.59 Å². The molecule has 1 aromatic rings. The van der Waals surface area contributed by atoms with Crippen LogP contribution in [0, 0.1) is 5.92 Å². The van der Waals surface area contributed by atoms with Gasteiger partial charge in [0.05, 0.1) is 36.2 Å². The Hall–Kier alpha value is -3.09. The Bertz CT molecular complexity index is 975. The van der Waals surface area contributed by atoms with Crippen molar-refractivity contribution in [1.29, 1.82) is 0 Å². The van der Waals surface area contributed by atoms with Gasteiger partial charge in [-0.05, 0) is 72.4 Å². The highest BCUT2D eigenvalue weighted by Crippen LogP contribution is 2.41. The molecule has 1 heterocycles. The lowest BCUT2D eigenvalue weighted by Gasteiger charge is -2.32. The zero-order valence-electron chi connectivity index (χ0n) is 22.2. The molecule has 1 aromatic carbocycles. The monoisotopic (exact) mass is 485 g/mol. The molecule has 35 heavy (non-hydrogen) atoms. The molecule has 0 bridgehead atoms. The molecule has 0 fully saturated rings. The van der Waals surface area contributed by atoms with Gasteiger partial charge in [0.1, 0.15) is 5.60 Å². The van der Waals surface area contributed by atoms with Crippen LogP contribution in [-0.4, -0.2) is 36.7 Å². The van der Waals surface area contributed by atoms with Crippen molar-refractivity contribution < 1.29 is 28.6 Å². The third-order valence-corrected chi connectivity index (χ3v) is 5.82. The van der Waals surface area contributed by atoms with Crippen molar-refractivity contribution in [2.75, 3.05) is 13.2 Å². The Morgan fingerprint density at radius 1 is 0.914 bits per heavy atom. The van der Waals surface area contributed by atoms with Crippen molar-refractivity contribution in [2.24, 2.45) is 5.92 Å². The van der Waals surface area contributed by atoms with E-state index in [0.717, 1.165) is 11.1 Å². The molecular weight excluding hydrogens is 446 g/mol. The number of carbonyl (C=O) groups is 3. The molecule has 192 valence electrons. The fourth-order valence-electron chi connectivity index (χ4n) is 4.31. The summed E-state index contributed by atoms with van der Waals surface area (Å²) in [4.78, 5) is 39.1. The Morgan fingerprint density at radius 2 is 1.43 bits per heavy atom. The highest BCUT2D eigenvalue weighted by Gasteiger charge is 2.39. The van der Waals surface area contributed by atoms with E-state index in [2.05, 4.69) is 5.32 Å². The molecule has 0 spiro atoms. The molecule has 1 aliphatic heterocycles. The smallest absolute Gasteiger partial charge is 0.336 e. The van der Waals surface area contributed by atoms with Gasteiger partial charge in [0.2, 0.25) is 0 Å². The first-order valence-corrected chi connectivity index (χ1v) is 12.3. The minimum atomic E-state index is -0.693. The van der Waals surface area contributed by atoms with Crippen LogP contribution in [0.1, 0.15) is 78.9 Å². The van der Waals surface area contributed by atoms with Crippen LogP contribution >= 0.6 is 0 Å². The lowest BCUT2D eigenvalue weighted by molar-refractivity contribution is -0.160. The second-order valence-corrected chi connectivity index (χ2v) is 9.62. The van der Waals surface area contributed by atoms with Gasteiger partial charge in [-0.2, -0.15) is 0 Å². The number of carbonyl (C=O) groups excluding carboxylic acids is 3. The van der Waals surface area contributed by atoms with Crippen LogP contribution < -0.4 is 5.32 Å². The summed E-state index contributed by atoms with van der Waals surface area (Å²) in [6.45, 7) is 15.0. The van der Waals surface area contributed by atoms with Gasteiger partial charge in [-0.3, -0.25) is 4.79 Å². The molecule has 1 unspecified atom stereocenters. The van der Waals surface area contributed by atoms with Crippen LogP contribution in [0.15, 0.2) is 46.8 Å². The first-order valence-electron chi connectivity index (χ1n) is 12.3. The number of dihydropyridines is 1. The van der Waals surface area contributed by atoms with Crippen molar-refractivity contribution in [3.8, 4) is 0 Å². The summed E-state index contributed by atoms with van der Waals surface area (Å²) in [6, 6.07) is 7.58. The normalized spacial score (nSPS) is 15.4. The van der Waals surface area contributed by atoms with E-state index in [1.54, 1.807) is 27.7 Å². The molecule has 0 aliphatic carbocycles. The maximum absolute atomic E-state index is 13.1. The molecule has 7 nitrogen and oxygen atoms in total. The van der Waals surface area contributed by atoms with Crippen molar-refractivity contribution >= 4 is 17.9 Å². The average molecular weight is 486 g/mol. The predicted octanol–water partition coefficient (Wildman–Crippen LogP) is 4.96. The molecule has 0 radical (unpaired) electrons. The Balaban J connectivity index is 2.64. The topological polar surface area (TPSA) is 90.9 Å². The molecule has 2 rings (SSSR count). The van der Waals surface area contributed by atoms with E-state index >= 15 is 0 Å². The number of benzene rings is 1. The van der Waals surface area contributed by atoms with Crippen molar-refractivity contribution in [2.45, 2.75) is 79.8 Å². The molecule has 7 heteroatoms. The molecule has 0 saturated carbocycles. The van der Waals surface area contributed by atoms with Gasteiger partial charge in [-0.1, -0.05) is 31.2 Å². The maximum atomic E-state index is 13.1. The van der Waals surface area contributed by atoms with Crippen LogP contribution in [-0.2, 0) is 35.0 Å². The first-order chi connectivity index (χ1) is 16.4. The molecule has 1 N–H and O–H groups in total. The van der Waals surface area contributed by atoms with E-state index in [-0.39, 0.29) is 25.1 Å². The van der Waals surface area contributed by atoms with E-state index in [0.29, 0.717) is 35.4 Å². The lowest BCUT2D eigenvalue weighted by Crippen LogP contribution is -2.33. The summed E-state index contributed by atoms with van der Waals surface area (Å²) < 4.78 is 16.4. The summed E-state index contributed by atoms with van der Waals surface area (Å²) in [5.41, 5.74) is 2.99. The van der Waals surface area contributed by atoms with Crippen molar-refractivity contribution in [1.82, 2.24) is 5.32 Å². The zero-order valence-corrected chi connectivity index (χ0v) is 22.2. The number of esters is 3. The van der Waals surface area contributed by atoms with Gasteiger partial charge < -0.3 is 19.5 Å². The van der Waals surface area contributed by atoms with Gasteiger partial charge in [-0.15, -0.1) is 0 Å². The summed E-state index contributed by atoms with van der Waals surface area (Å²) in [5, 5.41) is 3.16. The van der Waals surface area contributed by atoms with Crippen LogP contribution in [0.2, 0.25) is 0 Å². The Morgan fingerprint density at radius 3 is 1.89 bits per heavy atom. The first kappa shape index (κ1) is 28.1. The number of hydrogen-bond acceptors (Lipinski definition) is 7. The highest BCUT2D eigenvalue weighted by atomic mass is 16.6. The average Bonchev–Trinajstić information content (AvgIpc) is 2.76. The third kappa shape index (κ3) is 6.96. The van der Waals surface area contributed by atoms with Gasteiger partial charge in [0.25, 0.3) is 0 Å². The number of nitrogens with one attached hydrogen (secondary N) is 1. The summed E-state index contributed by atoms with van der Waals surface area (Å²) >= 11 is 0. The van der Waals surface area contributed by atoms with E-state index in [4.69, 9.17) is 14.2 Å². The van der Waals surface area contributed by atoms with Crippen LogP contribution in [0.5, 0.6) is 0 Å². The van der Waals surface area contributed by atoms with E-state index in [1.165, 1.54) is 0 Å². The maximum Gasteiger partial charge on any atom is 0.336 e. The summed E-state index contributed by atoms with van der Waals surface area (Å²) in [5.74, 6) is -2.32. The van der Waals surface area contributed by atoms with Gasteiger partial charge in [0, 0.05) is 11.4 Å². The summed E-state index contributed by atoms with van der Waals surface area (Å²) in [6.07, 6.45) is 1.00. The standard InChI is InChI=1S/C28H39NO6/c1-9-19(25(30)35-28(6,7)8)16-20-14-12-13-15-21(20)24-22(26(31)33-10-2)17(4)29-18(5)23(24)27(32)34-11-3/h12-15,19,24,29H,9-11,16H2,1-8H3. The van der Waals surface area contributed by atoms with E-state index in [9.17, 15) is 14.4 Å². The predicted molar refractivity (Wildman–Crippen MR) is 134 cm³/mol. The number of rotatable bonds is 9. The largest absolute Gasteiger partial charge is 0.463 e. The fourth-order valence-corrected chi connectivity index (χ4v) is 4.31. The van der Waals surface area contributed by atoms with Crippen LogP contribution in [0.25, 0.3) is 0 Å². The number of ether oxygens (including phenoxy) is 3. The highest BCUT2D eigenvalue weighted by molar-refractivity contribution is 6.00. The second-order valence-electron chi connectivity index (χ2n) is 9.62. The van der Waals surface area contributed by atoms with E-state index < -0.39 is 23.5 Å². The quantitative estimate of drug-likeness (QED) is 0.391. The van der Waals surface area contributed by atoms with E-state index in [1.807, 2.05) is 52.0 Å². The molecule has 0 amide bonds. The zero-order chi connectivity index (χ0) is 26.3. The van der Waals surface area contributed by atoms with Crippen LogP contribution in [0.4, 0.5) is 0 Å². The fraction of sp³-hybridized carbons (Fsp3) is 0.536. The minimum Gasteiger partial charge on any atom is -0.463 e. The molecule has 0 aromatic heterocycles. The molecule has 1 aliphatic rings. The third-order valence-electron chi connectivity index (χ3n) is 5.82.